The Morgan fingerprint density at radius 3 is 2.80 bits per heavy atom. The van der Waals surface area contributed by atoms with Gasteiger partial charge in [0.15, 0.2) is 5.16 Å². The molecule has 0 saturated heterocycles. The number of rotatable bonds is 4. The molecule has 0 N–H and O–H groups in total. The Hall–Kier alpha value is -1.79. The average molecular weight is 375 g/mol. The van der Waals surface area contributed by atoms with Crippen molar-refractivity contribution in [1.82, 2.24) is 19.2 Å². The molecule has 25 heavy (non-hydrogen) atoms. The Morgan fingerprint density at radius 2 is 2.04 bits per heavy atom. The quantitative estimate of drug-likeness (QED) is 0.644. The van der Waals surface area contributed by atoms with E-state index in [1.165, 1.54) is 25.7 Å². The van der Waals surface area contributed by atoms with E-state index in [1.807, 2.05) is 25.3 Å². The van der Waals surface area contributed by atoms with Gasteiger partial charge in [-0.2, -0.15) is 0 Å². The molecule has 0 aliphatic heterocycles. The Kier molecular flexibility index (Phi) is 4.56. The number of nitrogens with zero attached hydrogens (tertiary/aromatic N) is 4. The second-order valence-corrected chi connectivity index (χ2v) is 7.94. The average Bonchev–Trinajstić information content (AvgIpc) is 3.26. The van der Waals surface area contributed by atoms with Crippen LogP contribution in [-0.4, -0.2) is 24.9 Å². The predicted molar refractivity (Wildman–Crippen MR) is 101 cm³/mol. The summed E-state index contributed by atoms with van der Waals surface area (Å²) in [6, 6.07) is 5.58. The van der Waals surface area contributed by atoms with Crippen LogP contribution in [0.4, 0.5) is 0 Å². The summed E-state index contributed by atoms with van der Waals surface area (Å²) in [5, 5.41) is 9.76. The number of aromatic nitrogens is 4. The molecular weight excluding hydrogens is 356 g/mol. The predicted octanol–water partition coefficient (Wildman–Crippen LogP) is 4.12. The van der Waals surface area contributed by atoms with E-state index in [0.29, 0.717) is 10.7 Å². The Labute approximate surface area is 155 Å². The maximum atomic E-state index is 12.8. The SMILES string of the molecule is Cc1ccc(-n2ccn3c(SCC4CCCC4)nnc3c2=O)cc1Cl. The van der Waals surface area contributed by atoms with Crippen LogP contribution in [0.5, 0.6) is 0 Å². The lowest BCUT2D eigenvalue weighted by atomic mass is 10.1. The molecule has 4 rings (SSSR count). The fourth-order valence-electron chi connectivity index (χ4n) is 3.27. The molecule has 0 atom stereocenters. The number of halogens is 1. The molecule has 0 bridgehead atoms. The molecule has 0 amide bonds. The van der Waals surface area contributed by atoms with E-state index in [4.69, 9.17) is 11.6 Å². The third kappa shape index (κ3) is 3.20. The van der Waals surface area contributed by atoms with Crippen LogP contribution in [0.3, 0.4) is 0 Å². The van der Waals surface area contributed by atoms with Gasteiger partial charge in [-0.15, -0.1) is 10.2 Å². The van der Waals surface area contributed by atoms with Crippen molar-refractivity contribution >= 4 is 29.0 Å². The number of benzene rings is 1. The Balaban J connectivity index is 1.66. The second kappa shape index (κ2) is 6.84. The second-order valence-electron chi connectivity index (χ2n) is 6.54. The summed E-state index contributed by atoms with van der Waals surface area (Å²) < 4.78 is 3.34. The summed E-state index contributed by atoms with van der Waals surface area (Å²) in [6.07, 6.45) is 8.85. The monoisotopic (exact) mass is 374 g/mol. The first-order valence-electron chi connectivity index (χ1n) is 8.49. The largest absolute Gasteiger partial charge is 0.300 e. The first-order chi connectivity index (χ1) is 12.1. The zero-order valence-corrected chi connectivity index (χ0v) is 15.6. The third-order valence-corrected chi connectivity index (χ3v) is 6.38. The van der Waals surface area contributed by atoms with Crippen LogP contribution in [0.1, 0.15) is 31.2 Å². The zero-order valence-electron chi connectivity index (χ0n) is 14.0. The smallest absolute Gasteiger partial charge is 0.280 e. The Bertz CT molecular complexity index is 975. The number of thioether (sulfide) groups is 1. The van der Waals surface area contributed by atoms with Crippen LogP contribution < -0.4 is 5.56 Å². The van der Waals surface area contributed by atoms with Crippen LogP contribution in [0, 0.1) is 12.8 Å². The number of hydrogen-bond acceptors (Lipinski definition) is 4. The molecule has 0 radical (unpaired) electrons. The molecule has 1 aliphatic carbocycles. The fourth-order valence-corrected chi connectivity index (χ4v) is 4.55. The van der Waals surface area contributed by atoms with Crippen molar-refractivity contribution in [2.24, 2.45) is 5.92 Å². The van der Waals surface area contributed by atoms with Crippen LogP contribution in [-0.2, 0) is 0 Å². The van der Waals surface area contributed by atoms with Gasteiger partial charge in [-0.25, -0.2) is 0 Å². The summed E-state index contributed by atoms with van der Waals surface area (Å²) in [5.74, 6) is 1.80. The van der Waals surface area contributed by atoms with Gasteiger partial charge in [0.25, 0.3) is 0 Å². The van der Waals surface area contributed by atoms with Gasteiger partial charge in [-0.3, -0.25) is 13.8 Å². The number of fused-ring (bicyclic) bond motifs is 1. The van der Waals surface area contributed by atoms with Gasteiger partial charge in [0, 0.05) is 23.2 Å². The van der Waals surface area contributed by atoms with Crippen molar-refractivity contribution in [1.29, 1.82) is 0 Å². The minimum atomic E-state index is -0.192. The van der Waals surface area contributed by atoms with E-state index >= 15 is 0 Å². The van der Waals surface area contributed by atoms with Crippen molar-refractivity contribution in [3.8, 4) is 5.69 Å². The van der Waals surface area contributed by atoms with Gasteiger partial charge >= 0.3 is 5.56 Å². The van der Waals surface area contributed by atoms with Gasteiger partial charge in [0.05, 0.1) is 5.69 Å². The molecule has 1 aromatic carbocycles. The number of aryl methyl sites for hydroxylation is 1. The zero-order chi connectivity index (χ0) is 17.4. The van der Waals surface area contributed by atoms with Crippen LogP contribution in [0.15, 0.2) is 40.5 Å². The molecule has 130 valence electrons. The van der Waals surface area contributed by atoms with Gasteiger partial charge in [0.1, 0.15) is 0 Å². The molecule has 2 heterocycles. The third-order valence-electron chi connectivity index (χ3n) is 4.80. The lowest BCUT2D eigenvalue weighted by Gasteiger charge is -2.09. The summed E-state index contributed by atoms with van der Waals surface area (Å²) in [5.41, 5.74) is 1.86. The van der Waals surface area contributed by atoms with Crippen LogP contribution in [0.25, 0.3) is 11.3 Å². The molecule has 1 aliphatic rings. The molecule has 7 heteroatoms. The lowest BCUT2D eigenvalue weighted by molar-refractivity contribution is 0.622. The van der Waals surface area contributed by atoms with E-state index in [9.17, 15) is 4.79 Å². The molecule has 5 nitrogen and oxygen atoms in total. The summed E-state index contributed by atoms with van der Waals surface area (Å²) in [7, 11) is 0. The van der Waals surface area contributed by atoms with E-state index in [2.05, 4.69) is 10.2 Å². The molecule has 2 aromatic heterocycles. The van der Waals surface area contributed by atoms with Gasteiger partial charge in [0.2, 0.25) is 5.65 Å². The van der Waals surface area contributed by atoms with Crippen LogP contribution >= 0.6 is 23.4 Å². The normalized spacial score (nSPS) is 15.3. The standard InChI is InChI=1S/C18H19ClN4OS/c1-12-6-7-14(10-15(12)19)22-8-9-23-16(17(22)24)20-21-18(23)25-11-13-4-2-3-5-13/h6-10,13H,2-5,11H2,1H3. The maximum absolute atomic E-state index is 12.8. The van der Waals surface area contributed by atoms with E-state index in [0.717, 1.165) is 28.1 Å². The first kappa shape index (κ1) is 16.7. The van der Waals surface area contributed by atoms with E-state index in [1.54, 1.807) is 33.0 Å². The summed E-state index contributed by atoms with van der Waals surface area (Å²) >= 11 is 7.88. The molecular formula is C18H19ClN4OS. The summed E-state index contributed by atoms with van der Waals surface area (Å²) in [6.45, 7) is 1.93. The molecule has 3 aromatic rings. The minimum Gasteiger partial charge on any atom is -0.280 e. The minimum absolute atomic E-state index is 0.192. The van der Waals surface area contributed by atoms with Crippen molar-refractivity contribution in [2.45, 2.75) is 37.8 Å². The van der Waals surface area contributed by atoms with Crippen LogP contribution in [0.2, 0.25) is 5.02 Å². The van der Waals surface area contributed by atoms with Gasteiger partial charge in [-0.05, 0) is 43.4 Å². The highest BCUT2D eigenvalue weighted by Gasteiger charge is 2.18. The van der Waals surface area contributed by atoms with Gasteiger partial charge in [-0.1, -0.05) is 42.3 Å². The summed E-state index contributed by atoms with van der Waals surface area (Å²) in [4.78, 5) is 12.8. The maximum Gasteiger partial charge on any atom is 0.300 e. The van der Waals surface area contributed by atoms with Crippen molar-refractivity contribution < 1.29 is 0 Å². The Morgan fingerprint density at radius 1 is 1.24 bits per heavy atom. The highest BCUT2D eigenvalue weighted by Crippen LogP contribution is 2.30. The first-order valence-corrected chi connectivity index (χ1v) is 9.85. The van der Waals surface area contributed by atoms with Crippen molar-refractivity contribution in [3.05, 3.63) is 51.5 Å². The highest BCUT2D eigenvalue weighted by molar-refractivity contribution is 7.99. The van der Waals surface area contributed by atoms with E-state index in [-0.39, 0.29) is 5.56 Å². The fraction of sp³-hybridized carbons (Fsp3) is 0.389. The molecule has 0 spiro atoms. The van der Waals surface area contributed by atoms with Crippen molar-refractivity contribution in [3.63, 3.8) is 0 Å². The lowest BCUT2D eigenvalue weighted by Crippen LogP contribution is -2.20. The van der Waals surface area contributed by atoms with Gasteiger partial charge < -0.3 is 0 Å². The topological polar surface area (TPSA) is 52.2 Å². The molecule has 1 saturated carbocycles. The van der Waals surface area contributed by atoms with E-state index < -0.39 is 0 Å². The van der Waals surface area contributed by atoms with Crippen molar-refractivity contribution in [2.75, 3.05) is 5.75 Å². The molecule has 1 fully saturated rings. The molecule has 0 unspecified atom stereocenters. The highest BCUT2D eigenvalue weighted by atomic mass is 35.5. The number of hydrogen-bond donors (Lipinski definition) is 0.